The summed E-state index contributed by atoms with van der Waals surface area (Å²) in [6.45, 7) is 7.09. The molecule has 1 N–H and O–H groups in total. The second-order valence-corrected chi connectivity index (χ2v) is 4.49. The molecular formula is C10H22ClNO. The molecule has 0 saturated heterocycles. The van der Waals surface area contributed by atoms with Crippen molar-refractivity contribution in [1.29, 1.82) is 0 Å². The molecular weight excluding hydrogens is 186 g/mol. The van der Waals surface area contributed by atoms with Gasteiger partial charge in [-0.05, 0) is 32.0 Å². The predicted octanol–water partition coefficient (Wildman–Crippen LogP) is 2.79. The summed E-state index contributed by atoms with van der Waals surface area (Å²) in [5.74, 6) is 0. The van der Waals surface area contributed by atoms with Crippen LogP contribution >= 0.6 is 11.8 Å². The number of hydrogen-bond acceptors (Lipinski definition) is 2. The van der Waals surface area contributed by atoms with E-state index in [1.165, 1.54) is 19.3 Å². The molecule has 0 radical (unpaired) electrons. The van der Waals surface area contributed by atoms with E-state index in [0.717, 1.165) is 6.42 Å². The summed E-state index contributed by atoms with van der Waals surface area (Å²) < 4.78 is 1.71. The van der Waals surface area contributed by atoms with Crippen LogP contribution in [0.15, 0.2) is 0 Å². The fourth-order valence-electron chi connectivity index (χ4n) is 1.32. The van der Waals surface area contributed by atoms with E-state index < -0.39 is 0 Å². The Balaban J connectivity index is 3.76. The summed E-state index contributed by atoms with van der Waals surface area (Å²) in [7, 11) is 0. The van der Waals surface area contributed by atoms with Gasteiger partial charge in [-0.2, -0.15) is 0 Å². The number of rotatable bonds is 7. The van der Waals surface area contributed by atoms with E-state index in [1.807, 2.05) is 0 Å². The molecule has 80 valence electrons. The highest BCUT2D eigenvalue weighted by Crippen LogP contribution is 2.23. The SMILES string of the molecule is CCCCCC(C)(C)N(Cl)CCO. The number of halogens is 1. The van der Waals surface area contributed by atoms with Crippen molar-refractivity contribution in [2.24, 2.45) is 0 Å². The largest absolute Gasteiger partial charge is 0.395 e. The molecule has 0 heterocycles. The van der Waals surface area contributed by atoms with Gasteiger partial charge in [0.05, 0.1) is 6.61 Å². The van der Waals surface area contributed by atoms with Crippen LogP contribution in [0.3, 0.4) is 0 Å². The molecule has 2 nitrogen and oxygen atoms in total. The minimum atomic E-state index is -0.000540. The molecule has 0 amide bonds. The van der Waals surface area contributed by atoms with E-state index in [1.54, 1.807) is 4.42 Å². The fourth-order valence-corrected chi connectivity index (χ4v) is 1.48. The second-order valence-electron chi connectivity index (χ2n) is 4.08. The predicted molar refractivity (Wildman–Crippen MR) is 57.9 cm³/mol. The smallest absolute Gasteiger partial charge is 0.0571 e. The van der Waals surface area contributed by atoms with Crippen LogP contribution in [-0.4, -0.2) is 28.2 Å². The zero-order chi connectivity index (χ0) is 10.3. The normalized spacial score (nSPS) is 12.5. The first-order valence-corrected chi connectivity index (χ1v) is 5.42. The van der Waals surface area contributed by atoms with E-state index in [9.17, 15) is 0 Å². The Bertz CT molecular complexity index is 128. The molecule has 0 aromatic carbocycles. The third-order valence-corrected chi connectivity index (χ3v) is 2.97. The summed E-state index contributed by atoms with van der Waals surface area (Å²) in [5.41, 5.74) is -0.000540. The van der Waals surface area contributed by atoms with Crippen LogP contribution < -0.4 is 0 Å². The number of hydrogen-bond donors (Lipinski definition) is 1. The van der Waals surface area contributed by atoms with E-state index in [-0.39, 0.29) is 12.1 Å². The Morgan fingerprint density at radius 1 is 1.31 bits per heavy atom. The average Bonchev–Trinajstić information content (AvgIpc) is 2.05. The molecule has 0 spiro atoms. The van der Waals surface area contributed by atoms with E-state index in [4.69, 9.17) is 16.9 Å². The molecule has 0 saturated carbocycles. The van der Waals surface area contributed by atoms with Gasteiger partial charge in [0.15, 0.2) is 0 Å². The van der Waals surface area contributed by atoms with Crippen LogP contribution in [0.1, 0.15) is 46.5 Å². The molecule has 0 rings (SSSR count). The summed E-state index contributed by atoms with van der Waals surface area (Å²) in [5, 5.41) is 8.75. The van der Waals surface area contributed by atoms with Crippen molar-refractivity contribution in [3.05, 3.63) is 0 Å². The molecule has 3 heteroatoms. The summed E-state index contributed by atoms with van der Waals surface area (Å²) in [6.07, 6.45) is 4.79. The van der Waals surface area contributed by atoms with Gasteiger partial charge in [-0.1, -0.05) is 26.2 Å². The van der Waals surface area contributed by atoms with Crippen LogP contribution in [0.5, 0.6) is 0 Å². The fraction of sp³-hybridized carbons (Fsp3) is 1.00. The van der Waals surface area contributed by atoms with Crippen molar-refractivity contribution in [2.45, 2.75) is 52.0 Å². The van der Waals surface area contributed by atoms with Crippen LogP contribution in [0.4, 0.5) is 0 Å². The number of β-amino-alcohol motifs (C(OH)–C–C–N with tert-alkyl or cyclic N) is 1. The lowest BCUT2D eigenvalue weighted by Gasteiger charge is -2.32. The van der Waals surface area contributed by atoms with E-state index in [2.05, 4.69) is 20.8 Å². The van der Waals surface area contributed by atoms with Gasteiger partial charge < -0.3 is 5.11 Å². The van der Waals surface area contributed by atoms with Crippen LogP contribution in [0.2, 0.25) is 0 Å². The standard InChI is InChI=1S/C10H22ClNO/c1-4-5-6-7-10(2,3)12(11)8-9-13/h13H,4-9H2,1-3H3. The average molecular weight is 208 g/mol. The Morgan fingerprint density at radius 2 is 1.92 bits per heavy atom. The van der Waals surface area contributed by atoms with Gasteiger partial charge >= 0.3 is 0 Å². The quantitative estimate of drug-likeness (QED) is 0.513. The first-order chi connectivity index (χ1) is 6.04. The Kier molecular flexibility index (Phi) is 6.74. The van der Waals surface area contributed by atoms with Crippen molar-refractivity contribution in [1.82, 2.24) is 4.42 Å². The van der Waals surface area contributed by atoms with Crippen LogP contribution in [0, 0.1) is 0 Å². The van der Waals surface area contributed by atoms with Crippen molar-refractivity contribution in [2.75, 3.05) is 13.2 Å². The topological polar surface area (TPSA) is 23.5 Å². The molecule has 0 aliphatic carbocycles. The van der Waals surface area contributed by atoms with E-state index >= 15 is 0 Å². The van der Waals surface area contributed by atoms with Gasteiger partial charge in [-0.15, -0.1) is 0 Å². The van der Waals surface area contributed by atoms with Crippen molar-refractivity contribution in [3.63, 3.8) is 0 Å². The number of aliphatic hydroxyl groups excluding tert-OH is 1. The molecule has 0 atom stereocenters. The highest BCUT2D eigenvalue weighted by atomic mass is 35.5. The Morgan fingerprint density at radius 3 is 2.38 bits per heavy atom. The first kappa shape index (κ1) is 13.2. The van der Waals surface area contributed by atoms with E-state index in [0.29, 0.717) is 6.54 Å². The van der Waals surface area contributed by atoms with Crippen LogP contribution in [0.25, 0.3) is 0 Å². The maximum Gasteiger partial charge on any atom is 0.0571 e. The lowest BCUT2D eigenvalue weighted by molar-refractivity contribution is 0.172. The number of unbranched alkanes of at least 4 members (excludes halogenated alkanes) is 2. The summed E-state index contributed by atoms with van der Waals surface area (Å²) in [6, 6.07) is 0. The minimum absolute atomic E-state index is 0.000540. The van der Waals surface area contributed by atoms with Gasteiger partial charge in [0.2, 0.25) is 0 Å². The maximum atomic E-state index is 8.75. The van der Waals surface area contributed by atoms with Gasteiger partial charge in [0.1, 0.15) is 0 Å². The minimum Gasteiger partial charge on any atom is -0.395 e. The number of nitrogens with zero attached hydrogens (tertiary/aromatic N) is 1. The summed E-state index contributed by atoms with van der Waals surface area (Å²) >= 11 is 6.02. The van der Waals surface area contributed by atoms with Gasteiger partial charge in [0, 0.05) is 12.1 Å². The third-order valence-electron chi connectivity index (χ3n) is 2.35. The lowest BCUT2D eigenvalue weighted by Crippen LogP contribution is -2.38. The Labute approximate surface area is 87.0 Å². The zero-order valence-electron chi connectivity index (χ0n) is 9.02. The van der Waals surface area contributed by atoms with Gasteiger partial charge in [-0.3, -0.25) is 0 Å². The van der Waals surface area contributed by atoms with Crippen molar-refractivity contribution < 1.29 is 5.11 Å². The number of aliphatic hydroxyl groups is 1. The molecule has 0 unspecified atom stereocenters. The molecule has 0 aromatic rings. The van der Waals surface area contributed by atoms with Gasteiger partial charge in [0.25, 0.3) is 0 Å². The van der Waals surface area contributed by atoms with Crippen molar-refractivity contribution in [3.8, 4) is 0 Å². The monoisotopic (exact) mass is 207 g/mol. The van der Waals surface area contributed by atoms with Crippen LogP contribution in [-0.2, 0) is 0 Å². The molecule has 0 bridgehead atoms. The molecule has 0 aliphatic heterocycles. The third kappa shape index (κ3) is 5.50. The highest BCUT2D eigenvalue weighted by Gasteiger charge is 2.23. The molecule has 13 heavy (non-hydrogen) atoms. The molecule has 0 fully saturated rings. The lowest BCUT2D eigenvalue weighted by atomic mass is 9.97. The molecule has 0 aromatic heterocycles. The maximum absolute atomic E-state index is 8.75. The highest BCUT2D eigenvalue weighted by molar-refractivity contribution is 6.13. The Hall–Kier alpha value is 0.210. The molecule has 0 aliphatic rings. The van der Waals surface area contributed by atoms with Crippen molar-refractivity contribution >= 4 is 11.8 Å². The second kappa shape index (κ2) is 6.63. The summed E-state index contributed by atoms with van der Waals surface area (Å²) in [4.78, 5) is 0. The first-order valence-electron chi connectivity index (χ1n) is 5.09. The van der Waals surface area contributed by atoms with Gasteiger partial charge in [-0.25, -0.2) is 4.42 Å². The zero-order valence-corrected chi connectivity index (χ0v) is 9.77.